The van der Waals surface area contributed by atoms with Crippen LogP contribution in [0.3, 0.4) is 0 Å². The van der Waals surface area contributed by atoms with Crippen LogP contribution in [0.5, 0.6) is 0 Å². The van der Waals surface area contributed by atoms with E-state index in [-0.39, 0.29) is 5.75 Å². The van der Waals surface area contributed by atoms with Gasteiger partial charge in [0.15, 0.2) is 0 Å². The first kappa shape index (κ1) is 15.0. The standard InChI is InChI=1S/C14H16N2O2S2/c1-20(17,18)10-9-19-14-7-8-15-13(16-14)11-12-5-3-2-4-6-12/h2-8H,9-11H2,1H3. The molecule has 1 aromatic heterocycles. The van der Waals surface area contributed by atoms with Crippen LogP contribution >= 0.6 is 11.8 Å². The van der Waals surface area contributed by atoms with Crippen LogP contribution in [0.25, 0.3) is 0 Å². The van der Waals surface area contributed by atoms with E-state index >= 15 is 0 Å². The minimum absolute atomic E-state index is 0.162. The first-order valence-electron chi connectivity index (χ1n) is 6.19. The van der Waals surface area contributed by atoms with Crippen molar-refractivity contribution in [1.82, 2.24) is 9.97 Å². The van der Waals surface area contributed by atoms with Gasteiger partial charge in [-0.25, -0.2) is 18.4 Å². The number of hydrogen-bond acceptors (Lipinski definition) is 5. The van der Waals surface area contributed by atoms with Crippen LogP contribution in [0.1, 0.15) is 11.4 Å². The van der Waals surface area contributed by atoms with E-state index in [4.69, 9.17) is 0 Å². The second kappa shape index (κ2) is 6.85. The van der Waals surface area contributed by atoms with Crippen molar-refractivity contribution in [3.05, 3.63) is 54.0 Å². The van der Waals surface area contributed by atoms with Crippen molar-refractivity contribution in [3.63, 3.8) is 0 Å². The van der Waals surface area contributed by atoms with Crippen LogP contribution in [0.4, 0.5) is 0 Å². The van der Waals surface area contributed by atoms with Crippen LogP contribution in [0.2, 0.25) is 0 Å². The lowest BCUT2D eigenvalue weighted by atomic mass is 10.1. The Labute approximate surface area is 123 Å². The molecule has 0 saturated heterocycles. The molecule has 6 heteroatoms. The molecule has 2 aromatic rings. The van der Waals surface area contributed by atoms with Crippen LogP contribution in [-0.4, -0.2) is 36.1 Å². The summed E-state index contributed by atoms with van der Waals surface area (Å²) < 4.78 is 22.2. The van der Waals surface area contributed by atoms with E-state index in [2.05, 4.69) is 9.97 Å². The highest BCUT2D eigenvalue weighted by molar-refractivity contribution is 8.00. The number of rotatable bonds is 6. The summed E-state index contributed by atoms with van der Waals surface area (Å²) in [6.45, 7) is 0. The largest absolute Gasteiger partial charge is 0.241 e. The van der Waals surface area contributed by atoms with Gasteiger partial charge in [-0.05, 0) is 11.6 Å². The van der Waals surface area contributed by atoms with Gasteiger partial charge in [0.05, 0.1) is 10.8 Å². The van der Waals surface area contributed by atoms with E-state index in [1.165, 1.54) is 18.0 Å². The van der Waals surface area contributed by atoms with Crippen LogP contribution in [-0.2, 0) is 16.3 Å². The van der Waals surface area contributed by atoms with E-state index in [9.17, 15) is 8.42 Å². The lowest BCUT2D eigenvalue weighted by Crippen LogP contribution is -2.05. The van der Waals surface area contributed by atoms with E-state index in [1.807, 2.05) is 30.3 Å². The fourth-order valence-electron chi connectivity index (χ4n) is 1.62. The maximum atomic E-state index is 11.1. The molecule has 4 nitrogen and oxygen atoms in total. The molecule has 0 spiro atoms. The Hall–Kier alpha value is -1.40. The van der Waals surface area contributed by atoms with E-state index < -0.39 is 9.84 Å². The van der Waals surface area contributed by atoms with Crippen LogP contribution in [0.15, 0.2) is 47.6 Å². The summed E-state index contributed by atoms with van der Waals surface area (Å²) in [5.41, 5.74) is 1.16. The Kier molecular flexibility index (Phi) is 5.14. The Bertz CT molecular complexity index is 658. The minimum atomic E-state index is -2.92. The third-order valence-corrected chi connectivity index (χ3v) is 4.72. The Balaban J connectivity index is 1.97. The Morgan fingerprint density at radius 1 is 1.15 bits per heavy atom. The highest BCUT2D eigenvalue weighted by Crippen LogP contribution is 2.15. The van der Waals surface area contributed by atoms with Gasteiger partial charge in [-0.15, -0.1) is 11.8 Å². The predicted octanol–water partition coefficient (Wildman–Crippen LogP) is 2.20. The van der Waals surface area contributed by atoms with Crippen LogP contribution < -0.4 is 0 Å². The normalized spacial score (nSPS) is 11.4. The topological polar surface area (TPSA) is 59.9 Å². The number of nitrogens with zero attached hydrogens (tertiary/aromatic N) is 2. The third kappa shape index (κ3) is 5.30. The highest BCUT2D eigenvalue weighted by atomic mass is 32.2. The van der Waals surface area contributed by atoms with E-state index in [0.29, 0.717) is 12.2 Å². The molecule has 0 aliphatic rings. The summed E-state index contributed by atoms with van der Waals surface area (Å²) in [7, 11) is -2.92. The van der Waals surface area contributed by atoms with Gasteiger partial charge in [0.25, 0.3) is 0 Å². The van der Waals surface area contributed by atoms with Crippen molar-refractivity contribution in [2.24, 2.45) is 0 Å². The zero-order valence-corrected chi connectivity index (χ0v) is 12.8. The molecule has 0 bridgehead atoms. The fourth-order valence-corrected chi connectivity index (χ4v) is 3.70. The van der Waals surface area contributed by atoms with Crippen molar-refractivity contribution in [3.8, 4) is 0 Å². The fraction of sp³-hybridized carbons (Fsp3) is 0.286. The summed E-state index contributed by atoms with van der Waals surface area (Å²) >= 11 is 1.44. The molecule has 0 N–H and O–H groups in total. The lowest BCUT2D eigenvalue weighted by Gasteiger charge is -2.03. The molecular weight excluding hydrogens is 292 g/mol. The van der Waals surface area contributed by atoms with E-state index in [0.717, 1.165) is 16.4 Å². The van der Waals surface area contributed by atoms with Crippen molar-refractivity contribution in [2.45, 2.75) is 11.4 Å². The second-order valence-electron chi connectivity index (χ2n) is 4.45. The second-order valence-corrected chi connectivity index (χ2v) is 7.83. The molecule has 1 heterocycles. The Morgan fingerprint density at radius 2 is 1.90 bits per heavy atom. The zero-order chi connectivity index (χ0) is 14.4. The minimum Gasteiger partial charge on any atom is -0.241 e. The number of hydrogen-bond donors (Lipinski definition) is 0. The summed E-state index contributed by atoms with van der Waals surface area (Å²) in [6.07, 6.45) is 3.64. The number of aromatic nitrogens is 2. The molecule has 0 saturated carbocycles. The summed E-state index contributed by atoms with van der Waals surface area (Å²) in [4.78, 5) is 8.69. The number of thioether (sulfide) groups is 1. The summed E-state index contributed by atoms with van der Waals surface area (Å²) in [5.74, 6) is 1.43. The molecule has 0 aliphatic carbocycles. The average molecular weight is 308 g/mol. The van der Waals surface area contributed by atoms with Gasteiger partial charge in [-0.2, -0.15) is 0 Å². The molecular formula is C14H16N2O2S2. The summed E-state index contributed by atoms with van der Waals surface area (Å²) in [6, 6.07) is 11.8. The number of sulfone groups is 1. The molecule has 0 amide bonds. The van der Waals surface area contributed by atoms with Gasteiger partial charge in [0.1, 0.15) is 15.7 Å². The quantitative estimate of drug-likeness (QED) is 0.605. The zero-order valence-electron chi connectivity index (χ0n) is 11.2. The summed E-state index contributed by atoms with van der Waals surface area (Å²) in [5, 5.41) is 0.814. The average Bonchev–Trinajstić information content (AvgIpc) is 2.39. The predicted molar refractivity (Wildman–Crippen MR) is 81.7 cm³/mol. The molecule has 2 rings (SSSR count). The third-order valence-electron chi connectivity index (χ3n) is 2.59. The smallest absolute Gasteiger partial charge is 0.148 e. The van der Waals surface area contributed by atoms with E-state index in [1.54, 1.807) is 12.3 Å². The molecule has 0 fully saturated rings. The first-order valence-corrected chi connectivity index (χ1v) is 9.24. The van der Waals surface area contributed by atoms with Crippen LogP contribution in [0, 0.1) is 0 Å². The molecule has 1 aromatic carbocycles. The van der Waals surface area contributed by atoms with Gasteiger partial charge < -0.3 is 0 Å². The number of benzene rings is 1. The maximum absolute atomic E-state index is 11.1. The lowest BCUT2D eigenvalue weighted by molar-refractivity contribution is 0.603. The van der Waals surface area contributed by atoms with Gasteiger partial charge in [0.2, 0.25) is 0 Å². The van der Waals surface area contributed by atoms with Crippen molar-refractivity contribution >= 4 is 21.6 Å². The molecule has 0 aliphatic heterocycles. The molecule has 20 heavy (non-hydrogen) atoms. The molecule has 0 radical (unpaired) electrons. The van der Waals surface area contributed by atoms with Gasteiger partial charge in [-0.3, -0.25) is 0 Å². The monoisotopic (exact) mass is 308 g/mol. The van der Waals surface area contributed by atoms with Gasteiger partial charge in [0, 0.05) is 24.6 Å². The highest BCUT2D eigenvalue weighted by Gasteiger charge is 2.05. The van der Waals surface area contributed by atoms with Crippen molar-refractivity contribution < 1.29 is 8.42 Å². The first-order chi connectivity index (χ1) is 9.53. The Morgan fingerprint density at radius 3 is 2.60 bits per heavy atom. The van der Waals surface area contributed by atoms with Gasteiger partial charge >= 0.3 is 0 Å². The van der Waals surface area contributed by atoms with Crippen molar-refractivity contribution in [2.75, 3.05) is 17.8 Å². The molecule has 0 unspecified atom stereocenters. The van der Waals surface area contributed by atoms with Gasteiger partial charge in [-0.1, -0.05) is 30.3 Å². The molecule has 106 valence electrons. The van der Waals surface area contributed by atoms with Crippen molar-refractivity contribution in [1.29, 1.82) is 0 Å². The SMILES string of the molecule is CS(=O)(=O)CCSc1ccnc(Cc2ccccc2)n1. The molecule has 0 atom stereocenters. The maximum Gasteiger partial charge on any atom is 0.148 e.